The van der Waals surface area contributed by atoms with E-state index in [1.807, 2.05) is 12.1 Å². The summed E-state index contributed by atoms with van der Waals surface area (Å²) in [6.07, 6.45) is 2.26. The average molecular weight is 482 g/mol. The van der Waals surface area contributed by atoms with Crippen molar-refractivity contribution in [2.45, 2.75) is 44.3 Å². The second-order valence-electron chi connectivity index (χ2n) is 9.72. The fourth-order valence-corrected chi connectivity index (χ4v) is 5.36. The number of piperidine rings is 1. The second kappa shape index (κ2) is 10.3. The summed E-state index contributed by atoms with van der Waals surface area (Å²) >= 11 is 0. The van der Waals surface area contributed by atoms with Crippen LogP contribution >= 0.6 is 0 Å². The molecule has 2 aliphatic heterocycles. The second-order valence-corrected chi connectivity index (χ2v) is 9.72. The molecule has 7 nitrogen and oxygen atoms in total. The van der Waals surface area contributed by atoms with Crippen molar-refractivity contribution >= 4 is 17.5 Å². The third kappa shape index (κ3) is 5.49. The van der Waals surface area contributed by atoms with Gasteiger partial charge in [0.1, 0.15) is 17.7 Å². The molecule has 5 rings (SSSR count). The van der Waals surface area contributed by atoms with Gasteiger partial charge in [0.05, 0.1) is 18.3 Å². The number of likely N-dealkylation sites (tertiary alicyclic amines) is 1. The van der Waals surface area contributed by atoms with Crippen molar-refractivity contribution in [3.63, 3.8) is 0 Å². The van der Waals surface area contributed by atoms with Crippen molar-refractivity contribution in [2.75, 3.05) is 44.2 Å². The van der Waals surface area contributed by atoms with E-state index in [4.69, 9.17) is 4.74 Å². The first-order chi connectivity index (χ1) is 17.0. The van der Waals surface area contributed by atoms with Gasteiger partial charge < -0.3 is 14.7 Å². The molecule has 2 fully saturated rings. The van der Waals surface area contributed by atoms with Gasteiger partial charge in [0.25, 0.3) is 0 Å². The van der Waals surface area contributed by atoms with Crippen LogP contribution < -0.4 is 9.64 Å². The zero-order valence-electron chi connectivity index (χ0n) is 19.9. The SMILES string of the molecule is O=C1CCCC(=O)N1C[C@@H](O)CN1CCN(c2cc(F)ccc2OC2Cc3ccccc3C2)CC1. The predicted octanol–water partition coefficient (Wildman–Crippen LogP) is 2.39. The minimum Gasteiger partial charge on any atom is -0.488 e. The highest BCUT2D eigenvalue weighted by Gasteiger charge is 2.30. The van der Waals surface area contributed by atoms with E-state index in [2.05, 4.69) is 21.9 Å². The lowest BCUT2D eigenvalue weighted by molar-refractivity contribution is -0.149. The fourth-order valence-electron chi connectivity index (χ4n) is 5.36. The quantitative estimate of drug-likeness (QED) is 0.613. The summed E-state index contributed by atoms with van der Waals surface area (Å²) in [5, 5.41) is 10.5. The Kier molecular flexibility index (Phi) is 7.02. The van der Waals surface area contributed by atoms with Gasteiger partial charge in [-0.2, -0.15) is 0 Å². The van der Waals surface area contributed by atoms with E-state index in [1.54, 1.807) is 6.07 Å². The number of β-amino-alcohol motifs (C(OH)–C–C–N with tert-alkyl or cyclic N) is 1. The maximum absolute atomic E-state index is 14.2. The molecule has 1 N–H and O–H groups in total. The number of piperazine rings is 1. The largest absolute Gasteiger partial charge is 0.488 e. The number of carbonyl (C=O) groups excluding carboxylic acids is 2. The third-order valence-corrected chi connectivity index (χ3v) is 7.19. The number of hydrogen-bond acceptors (Lipinski definition) is 6. The molecule has 3 aliphatic rings. The van der Waals surface area contributed by atoms with Crippen molar-refractivity contribution in [1.82, 2.24) is 9.80 Å². The lowest BCUT2D eigenvalue weighted by Crippen LogP contribution is -2.51. The van der Waals surface area contributed by atoms with Crippen molar-refractivity contribution in [3.05, 3.63) is 59.4 Å². The first kappa shape index (κ1) is 23.8. The molecule has 1 aliphatic carbocycles. The lowest BCUT2D eigenvalue weighted by Gasteiger charge is -2.38. The first-order valence-electron chi connectivity index (χ1n) is 12.5. The topological polar surface area (TPSA) is 73.3 Å². The van der Waals surface area contributed by atoms with Crippen LogP contribution in [-0.2, 0) is 22.4 Å². The van der Waals surface area contributed by atoms with Crippen LogP contribution in [0.4, 0.5) is 10.1 Å². The Labute approximate surface area is 205 Å². The van der Waals surface area contributed by atoms with E-state index in [1.165, 1.54) is 28.2 Å². The number of rotatable bonds is 7. The number of anilines is 1. The fraction of sp³-hybridized carbons (Fsp3) is 0.481. The highest BCUT2D eigenvalue weighted by molar-refractivity contribution is 5.97. The standard InChI is InChI=1S/C27H32FN3O4/c28-21-8-9-25(35-23-14-19-4-1-2-5-20(19)15-23)24(16-21)30-12-10-29(11-13-30)17-22(32)18-31-26(33)6-3-7-27(31)34/h1-2,4-5,8-9,16,22-23,32H,3,6-7,10-15,17-18H2/t22-/m0/s1. The van der Waals surface area contributed by atoms with Crippen LogP contribution in [0.15, 0.2) is 42.5 Å². The summed E-state index contributed by atoms with van der Waals surface area (Å²) in [5.41, 5.74) is 3.37. The summed E-state index contributed by atoms with van der Waals surface area (Å²) in [6.45, 7) is 3.13. The summed E-state index contributed by atoms with van der Waals surface area (Å²) in [4.78, 5) is 29.5. The molecule has 0 bridgehead atoms. The van der Waals surface area contributed by atoms with Crippen LogP contribution in [0, 0.1) is 5.82 Å². The van der Waals surface area contributed by atoms with Gasteiger partial charge in [-0.3, -0.25) is 19.4 Å². The molecule has 0 aromatic heterocycles. The van der Waals surface area contributed by atoms with E-state index >= 15 is 0 Å². The van der Waals surface area contributed by atoms with Crippen LogP contribution in [0.2, 0.25) is 0 Å². The molecule has 0 spiro atoms. The molecule has 1 atom stereocenters. The van der Waals surface area contributed by atoms with Gasteiger partial charge in [-0.1, -0.05) is 24.3 Å². The number of aliphatic hydroxyl groups excluding tert-OH is 1. The zero-order chi connectivity index (χ0) is 24.4. The molecule has 2 amide bonds. The number of nitrogens with zero attached hydrogens (tertiary/aromatic N) is 3. The maximum Gasteiger partial charge on any atom is 0.229 e. The van der Waals surface area contributed by atoms with E-state index in [0.29, 0.717) is 57.7 Å². The third-order valence-electron chi connectivity index (χ3n) is 7.19. The first-order valence-corrected chi connectivity index (χ1v) is 12.5. The molecule has 2 aromatic rings. The maximum atomic E-state index is 14.2. The molecule has 0 radical (unpaired) electrons. The number of carbonyl (C=O) groups is 2. The van der Waals surface area contributed by atoms with Crippen molar-refractivity contribution in [3.8, 4) is 5.75 Å². The minimum absolute atomic E-state index is 0.0354. The molecular formula is C27H32FN3O4. The average Bonchev–Trinajstić information content (AvgIpc) is 3.26. The predicted molar refractivity (Wildman–Crippen MR) is 130 cm³/mol. The molecule has 0 unspecified atom stereocenters. The van der Waals surface area contributed by atoms with Crippen LogP contribution in [-0.4, -0.2) is 78.2 Å². The normalized spacial score (nSPS) is 20.3. The summed E-state index contributed by atoms with van der Waals surface area (Å²) in [5.74, 6) is -0.00110. The highest BCUT2D eigenvalue weighted by Crippen LogP contribution is 2.33. The number of aliphatic hydroxyl groups is 1. The van der Waals surface area contributed by atoms with E-state index < -0.39 is 6.10 Å². The van der Waals surface area contributed by atoms with Gasteiger partial charge in [0.2, 0.25) is 11.8 Å². The smallest absolute Gasteiger partial charge is 0.229 e. The van der Waals surface area contributed by atoms with Gasteiger partial charge in [-0.25, -0.2) is 4.39 Å². The van der Waals surface area contributed by atoms with Gasteiger partial charge in [-0.15, -0.1) is 0 Å². The minimum atomic E-state index is -0.787. The van der Waals surface area contributed by atoms with Crippen molar-refractivity contribution in [1.29, 1.82) is 0 Å². The highest BCUT2D eigenvalue weighted by atomic mass is 19.1. The van der Waals surface area contributed by atoms with Crippen LogP contribution in [0.3, 0.4) is 0 Å². The van der Waals surface area contributed by atoms with Gasteiger partial charge >= 0.3 is 0 Å². The molecule has 35 heavy (non-hydrogen) atoms. The van der Waals surface area contributed by atoms with E-state index in [-0.39, 0.29) is 30.3 Å². The number of hydrogen-bond donors (Lipinski definition) is 1. The van der Waals surface area contributed by atoms with Gasteiger partial charge in [0.15, 0.2) is 0 Å². The van der Waals surface area contributed by atoms with Gasteiger partial charge in [-0.05, 0) is 29.7 Å². The number of imide groups is 1. The number of amides is 2. The molecule has 2 heterocycles. The van der Waals surface area contributed by atoms with Crippen LogP contribution in [0.5, 0.6) is 5.75 Å². The molecule has 2 aromatic carbocycles. The molecular weight excluding hydrogens is 449 g/mol. The van der Waals surface area contributed by atoms with Gasteiger partial charge in [0, 0.05) is 64.5 Å². The Morgan fingerprint density at radius 1 is 0.943 bits per heavy atom. The summed E-state index contributed by atoms with van der Waals surface area (Å²) in [6, 6.07) is 13.1. The monoisotopic (exact) mass is 481 g/mol. The van der Waals surface area contributed by atoms with Crippen molar-refractivity contribution in [2.24, 2.45) is 0 Å². The number of halogens is 1. The van der Waals surface area contributed by atoms with Crippen LogP contribution in [0.1, 0.15) is 30.4 Å². The summed E-state index contributed by atoms with van der Waals surface area (Å²) < 4.78 is 20.5. The Bertz CT molecular complexity index is 1040. The van der Waals surface area contributed by atoms with E-state index in [0.717, 1.165) is 18.5 Å². The number of benzene rings is 2. The summed E-state index contributed by atoms with van der Waals surface area (Å²) in [7, 11) is 0. The molecule has 186 valence electrons. The Hall–Kier alpha value is -2.97. The molecule has 2 saturated heterocycles. The number of ether oxygens (including phenoxy) is 1. The Morgan fingerprint density at radius 3 is 2.26 bits per heavy atom. The van der Waals surface area contributed by atoms with Crippen molar-refractivity contribution < 1.29 is 23.8 Å². The lowest BCUT2D eigenvalue weighted by atomic mass is 10.1. The molecule has 0 saturated carbocycles. The number of fused-ring (bicyclic) bond motifs is 1. The Balaban J connectivity index is 1.17. The molecule has 8 heteroatoms. The Morgan fingerprint density at radius 2 is 1.60 bits per heavy atom. The van der Waals surface area contributed by atoms with E-state index in [9.17, 15) is 19.1 Å². The van der Waals surface area contributed by atoms with Crippen LogP contribution in [0.25, 0.3) is 0 Å². The zero-order valence-corrected chi connectivity index (χ0v) is 19.9.